The number of carbonyl (C=O) groups excluding carboxylic acids is 2. The molecule has 0 spiro atoms. The van der Waals surface area contributed by atoms with E-state index >= 15 is 0 Å². The molecule has 2 aliphatic carbocycles. The number of aryl methyl sites for hydroxylation is 1. The summed E-state index contributed by atoms with van der Waals surface area (Å²) in [6.07, 6.45) is 4.93. The first-order valence-electron chi connectivity index (χ1n) is 16.3. The van der Waals surface area contributed by atoms with Crippen LogP contribution in [-0.4, -0.2) is 83.0 Å². The predicted molar refractivity (Wildman–Crippen MR) is 176 cm³/mol. The van der Waals surface area contributed by atoms with Gasteiger partial charge in [-0.3, -0.25) is 9.59 Å². The number of aromatic nitrogens is 3. The zero-order chi connectivity index (χ0) is 31.9. The van der Waals surface area contributed by atoms with Gasteiger partial charge in [0.1, 0.15) is 11.3 Å². The summed E-state index contributed by atoms with van der Waals surface area (Å²) in [7, 11) is 0.585. The van der Waals surface area contributed by atoms with Crippen LogP contribution in [0, 0.1) is 17.8 Å². The second-order valence-corrected chi connectivity index (χ2v) is 16.0. The molecular formula is C34H40N6O5S. The van der Waals surface area contributed by atoms with Crippen LogP contribution < -0.4 is 15.8 Å². The number of piperidine rings is 1. The molecule has 12 heteroatoms. The van der Waals surface area contributed by atoms with Crippen molar-refractivity contribution in [3.63, 3.8) is 0 Å². The average Bonchev–Trinajstić information content (AvgIpc) is 3.24. The van der Waals surface area contributed by atoms with E-state index in [9.17, 15) is 18.0 Å². The summed E-state index contributed by atoms with van der Waals surface area (Å²) < 4.78 is 33.8. The fraction of sp³-hybridized carbons (Fsp3) is 0.500. The molecule has 46 heavy (non-hydrogen) atoms. The fourth-order valence-corrected chi connectivity index (χ4v) is 9.84. The summed E-state index contributed by atoms with van der Waals surface area (Å²) in [5.41, 5.74) is 10.9. The van der Waals surface area contributed by atoms with Gasteiger partial charge in [-0.15, -0.1) is 0 Å². The summed E-state index contributed by atoms with van der Waals surface area (Å²) in [5, 5.41) is 3.96. The van der Waals surface area contributed by atoms with Crippen molar-refractivity contribution in [2.75, 3.05) is 31.7 Å². The highest BCUT2D eigenvalue weighted by Gasteiger charge is 2.47. The maximum atomic E-state index is 13.7. The molecule has 2 aliphatic heterocycles. The van der Waals surface area contributed by atoms with Gasteiger partial charge < -0.3 is 29.8 Å². The van der Waals surface area contributed by atoms with E-state index < -0.39 is 9.84 Å². The molecule has 2 amide bonds. The van der Waals surface area contributed by atoms with Crippen LogP contribution in [0.5, 0.6) is 5.75 Å². The Bertz CT molecular complexity index is 2010. The molecule has 242 valence electrons. The highest BCUT2D eigenvalue weighted by atomic mass is 32.2. The minimum atomic E-state index is -3.00. The van der Waals surface area contributed by atoms with Gasteiger partial charge in [-0.25, -0.2) is 13.4 Å². The SMILES string of the molecule is COc1cc(C(=O)N2C[C@H]3CC[C@@H]2[C@@H]3N)cc2nc(-c3cc4ccc(C(=O)NCC5CCS(=O)(=O)C5)cc4n3CC3CC3)n(C)c12. The normalized spacial score (nSPS) is 25.2. The van der Waals surface area contributed by atoms with E-state index in [2.05, 4.69) is 16.0 Å². The van der Waals surface area contributed by atoms with E-state index in [1.165, 1.54) is 0 Å². The summed E-state index contributed by atoms with van der Waals surface area (Å²) in [6.45, 7) is 1.86. The molecule has 2 bridgehead atoms. The van der Waals surface area contributed by atoms with E-state index in [4.69, 9.17) is 15.5 Å². The molecule has 11 nitrogen and oxygen atoms in total. The Kier molecular flexibility index (Phi) is 6.95. The molecule has 2 aromatic heterocycles. The lowest BCUT2D eigenvalue weighted by Crippen LogP contribution is -2.41. The van der Waals surface area contributed by atoms with Crippen molar-refractivity contribution in [1.82, 2.24) is 24.3 Å². The van der Waals surface area contributed by atoms with Gasteiger partial charge in [-0.2, -0.15) is 0 Å². The highest BCUT2D eigenvalue weighted by molar-refractivity contribution is 7.91. The third-order valence-electron chi connectivity index (χ3n) is 10.7. The molecule has 4 aliphatic rings. The molecule has 0 radical (unpaired) electrons. The number of likely N-dealkylation sites (tertiary alicyclic amines) is 1. The summed E-state index contributed by atoms with van der Waals surface area (Å²) in [6, 6.07) is 11.6. The molecular weight excluding hydrogens is 604 g/mol. The maximum Gasteiger partial charge on any atom is 0.254 e. The number of nitrogens with one attached hydrogen (secondary N) is 1. The number of nitrogens with two attached hydrogens (primary N) is 1. The van der Waals surface area contributed by atoms with Gasteiger partial charge in [-0.05, 0) is 80.2 Å². The summed E-state index contributed by atoms with van der Waals surface area (Å²) in [5.74, 6) is 2.32. The smallest absolute Gasteiger partial charge is 0.254 e. The summed E-state index contributed by atoms with van der Waals surface area (Å²) >= 11 is 0. The molecule has 4 fully saturated rings. The number of amides is 2. The third kappa shape index (κ3) is 4.97. The van der Waals surface area contributed by atoms with E-state index in [1.54, 1.807) is 7.11 Å². The monoisotopic (exact) mass is 644 g/mol. The topological polar surface area (TPSA) is 142 Å². The second kappa shape index (κ2) is 10.8. The molecule has 8 rings (SSSR count). The quantitative estimate of drug-likeness (QED) is 0.300. The van der Waals surface area contributed by atoms with Crippen molar-refractivity contribution in [3.8, 4) is 17.3 Å². The zero-order valence-corrected chi connectivity index (χ0v) is 27.1. The number of methoxy groups -OCH3 is 1. The van der Waals surface area contributed by atoms with Crippen molar-refractivity contribution in [2.24, 2.45) is 30.5 Å². The van der Waals surface area contributed by atoms with Crippen LogP contribution in [0.3, 0.4) is 0 Å². The predicted octanol–water partition coefficient (Wildman–Crippen LogP) is 3.34. The fourth-order valence-electron chi connectivity index (χ4n) is 7.97. The van der Waals surface area contributed by atoms with Gasteiger partial charge in [-0.1, -0.05) is 6.07 Å². The number of sulfone groups is 1. The molecule has 1 unspecified atom stereocenters. The first-order valence-corrected chi connectivity index (χ1v) is 18.2. The number of imidazole rings is 1. The Morgan fingerprint density at radius 1 is 1.04 bits per heavy atom. The van der Waals surface area contributed by atoms with Crippen LogP contribution in [0.1, 0.15) is 52.8 Å². The zero-order valence-electron chi connectivity index (χ0n) is 26.2. The maximum absolute atomic E-state index is 13.7. The Labute approximate surface area is 268 Å². The van der Waals surface area contributed by atoms with Crippen LogP contribution in [0.4, 0.5) is 0 Å². The summed E-state index contributed by atoms with van der Waals surface area (Å²) in [4.78, 5) is 33.9. The number of hydrogen-bond acceptors (Lipinski definition) is 7. The minimum absolute atomic E-state index is 0.0294. The van der Waals surface area contributed by atoms with Crippen molar-refractivity contribution in [3.05, 3.63) is 47.5 Å². The molecule has 2 saturated heterocycles. The van der Waals surface area contributed by atoms with Gasteiger partial charge in [0.05, 0.1) is 29.8 Å². The van der Waals surface area contributed by atoms with Crippen LogP contribution >= 0.6 is 0 Å². The van der Waals surface area contributed by atoms with E-state index in [0.717, 1.165) is 60.2 Å². The van der Waals surface area contributed by atoms with Crippen LogP contribution in [-0.2, 0) is 23.4 Å². The van der Waals surface area contributed by atoms with Crippen molar-refractivity contribution in [1.29, 1.82) is 0 Å². The van der Waals surface area contributed by atoms with Gasteiger partial charge in [0.25, 0.3) is 11.8 Å². The lowest BCUT2D eigenvalue weighted by Gasteiger charge is -2.27. The van der Waals surface area contributed by atoms with E-state index in [1.807, 2.05) is 46.8 Å². The van der Waals surface area contributed by atoms with Gasteiger partial charge >= 0.3 is 0 Å². The largest absolute Gasteiger partial charge is 0.494 e. The number of benzene rings is 2. The Balaban J connectivity index is 1.14. The van der Waals surface area contributed by atoms with Crippen molar-refractivity contribution in [2.45, 2.75) is 50.7 Å². The highest BCUT2D eigenvalue weighted by Crippen LogP contribution is 2.40. The first kappa shape index (κ1) is 29.5. The molecule has 4 atom stereocenters. The van der Waals surface area contributed by atoms with Gasteiger partial charge in [0, 0.05) is 60.8 Å². The molecule has 4 aromatic rings. The van der Waals surface area contributed by atoms with Crippen LogP contribution in [0.2, 0.25) is 0 Å². The lowest BCUT2D eigenvalue weighted by atomic mass is 10.1. The Hall–Kier alpha value is -3.90. The minimum Gasteiger partial charge on any atom is -0.494 e. The van der Waals surface area contributed by atoms with E-state index in [-0.39, 0.29) is 41.3 Å². The number of hydrogen-bond donors (Lipinski definition) is 2. The van der Waals surface area contributed by atoms with Gasteiger partial charge in [0.15, 0.2) is 15.7 Å². The first-order chi connectivity index (χ1) is 22.1. The molecule has 3 N–H and O–H groups in total. The Morgan fingerprint density at radius 3 is 2.54 bits per heavy atom. The molecule has 4 heterocycles. The Morgan fingerprint density at radius 2 is 1.87 bits per heavy atom. The second-order valence-electron chi connectivity index (χ2n) is 13.8. The molecule has 2 saturated carbocycles. The average molecular weight is 645 g/mol. The molecule has 2 aromatic carbocycles. The number of nitrogens with zero attached hydrogens (tertiary/aromatic N) is 4. The number of fused-ring (bicyclic) bond motifs is 4. The van der Waals surface area contributed by atoms with Crippen LogP contribution in [0.15, 0.2) is 36.4 Å². The van der Waals surface area contributed by atoms with Crippen LogP contribution in [0.25, 0.3) is 33.5 Å². The van der Waals surface area contributed by atoms with Crippen molar-refractivity contribution < 1.29 is 22.7 Å². The van der Waals surface area contributed by atoms with E-state index in [0.29, 0.717) is 53.7 Å². The number of ether oxygens (including phenoxy) is 1. The number of rotatable bonds is 8. The van der Waals surface area contributed by atoms with Crippen molar-refractivity contribution >= 4 is 43.6 Å². The standard InChI is InChI=1S/C34H40N6O5S/c1-38-31-25(11-24(14-29(31)45-2)34(42)40-17-23-7-8-26(40)30(23)35)37-32(38)28-12-21-5-6-22(13-27(21)39(28)16-19-3-4-19)33(41)36-15-20-9-10-46(43,44)18-20/h5-6,11-14,19-20,23,26,30H,3-4,7-10,15-18,35H2,1-2H3,(H,36,41)/t20?,23-,26-,30-/m1/s1. The number of carbonyl (C=O) groups is 2. The third-order valence-corrected chi connectivity index (χ3v) is 12.6. The lowest BCUT2D eigenvalue weighted by molar-refractivity contribution is 0.0700. The van der Waals surface area contributed by atoms with Gasteiger partial charge in [0.2, 0.25) is 0 Å².